The van der Waals surface area contributed by atoms with E-state index in [9.17, 15) is 13.2 Å². The molecule has 0 saturated carbocycles. The van der Waals surface area contributed by atoms with Crippen LogP contribution in [0.25, 0.3) is 0 Å². The van der Waals surface area contributed by atoms with Crippen LogP contribution in [0.4, 0.5) is 0 Å². The Morgan fingerprint density at radius 3 is 2.75 bits per heavy atom. The van der Waals surface area contributed by atoms with Crippen LogP contribution < -0.4 is 10.1 Å². The predicted octanol–water partition coefficient (Wildman–Crippen LogP) is 2.02. The van der Waals surface area contributed by atoms with Crippen molar-refractivity contribution in [3.63, 3.8) is 0 Å². The molecule has 1 saturated heterocycles. The normalized spacial score (nSPS) is 19.1. The van der Waals surface area contributed by atoms with Gasteiger partial charge in [0.25, 0.3) is 5.91 Å². The van der Waals surface area contributed by atoms with Gasteiger partial charge in [0.05, 0.1) is 17.8 Å². The van der Waals surface area contributed by atoms with E-state index in [0.29, 0.717) is 24.3 Å². The van der Waals surface area contributed by atoms with E-state index in [1.165, 1.54) is 6.26 Å². The quantitative estimate of drug-likeness (QED) is 0.862. The number of ether oxygens (including phenoxy) is 1. The Kier molecular flexibility index (Phi) is 4.89. The predicted molar refractivity (Wildman–Crippen MR) is 88.6 cm³/mol. The van der Waals surface area contributed by atoms with E-state index in [1.807, 2.05) is 30.3 Å². The second-order valence-electron chi connectivity index (χ2n) is 5.86. The first-order chi connectivity index (χ1) is 11.5. The van der Waals surface area contributed by atoms with Crippen molar-refractivity contribution < 1.29 is 22.4 Å². The molecule has 3 rings (SSSR count). The highest BCUT2D eigenvalue weighted by Crippen LogP contribution is 2.19. The molecule has 0 radical (unpaired) electrons. The third-order valence-electron chi connectivity index (χ3n) is 3.97. The average Bonchev–Trinajstić information content (AvgIpc) is 3.17. The van der Waals surface area contributed by atoms with Gasteiger partial charge in [-0.2, -0.15) is 0 Å². The summed E-state index contributed by atoms with van der Waals surface area (Å²) in [7, 11) is -2.94. The number of amides is 1. The monoisotopic (exact) mass is 349 g/mol. The van der Waals surface area contributed by atoms with E-state index in [1.54, 1.807) is 6.07 Å². The number of benzene rings is 1. The molecule has 1 aromatic carbocycles. The maximum atomic E-state index is 12.2. The van der Waals surface area contributed by atoms with Crippen molar-refractivity contribution >= 4 is 15.7 Å². The fourth-order valence-electron chi connectivity index (χ4n) is 2.68. The van der Waals surface area contributed by atoms with Crippen LogP contribution in [0.3, 0.4) is 0 Å². The van der Waals surface area contributed by atoms with Gasteiger partial charge < -0.3 is 14.5 Å². The zero-order valence-corrected chi connectivity index (χ0v) is 13.9. The number of para-hydroxylation sites is 1. The molecule has 1 fully saturated rings. The lowest BCUT2D eigenvalue weighted by Crippen LogP contribution is -2.30. The van der Waals surface area contributed by atoms with E-state index in [2.05, 4.69) is 5.32 Å². The summed E-state index contributed by atoms with van der Waals surface area (Å²) in [6.07, 6.45) is 2.03. The first-order valence-electron chi connectivity index (χ1n) is 7.76. The molecule has 24 heavy (non-hydrogen) atoms. The van der Waals surface area contributed by atoms with Crippen LogP contribution in [0.5, 0.6) is 5.75 Å². The van der Waals surface area contributed by atoms with Crippen LogP contribution in [-0.4, -0.2) is 32.4 Å². The smallest absolute Gasteiger partial charge is 0.287 e. The molecule has 128 valence electrons. The number of sulfone groups is 1. The van der Waals surface area contributed by atoms with Crippen LogP contribution in [0.2, 0.25) is 0 Å². The standard InChI is InChI=1S/C17H19NO5S/c19-17(18-10-13-7-9-24(20,21)12-13)16-14(6-8-22-16)11-23-15-4-2-1-3-5-15/h1-6,8,13H,7,9-12H2,(H,18,19)/t13-/m1/s1. The fraction of sp³-hybridized carbons (Fsp3) is 0.353. The first kappa shape index (κ1) is 16.6. The molecule has 2 aromatic rings. The van der Waals surface area contributed by atoms with E-state index in [-0.39, 0.29) is 35.7 Å². The molecular formula is C17H19NO5S. The number of furan rings is 1. The largest absolute Gasteiger partial charge is 0.489 e. The summed E-state index contributed by atoms with van der Waals surface area (Å²) in [6, 6.07) is 11.0. The van der Waals surface area contributed by atoms with Crippen molar-refractivity contribution in [3.05, 3.63) is 54.0 Å². The summed E-state index contributed by atoms with van der Waals surface area (Å²) >= 11 is 0. The summed E-state index contributed by atoms with van der Waals surface area (Å²) in [5.41, 5.74) is 0.649. The highest BCUT2D eigenvalue weighted by molar-refractivity contribution is 7.91. The van der Waals surface area contributed by atoms with Crippen molar-refractivity contribution in [3.8, 4) is 5.75 Å². The third kappa shape index (κ3) is 4.17. The lowest BCUT2D eigenvalue weighted by Gasteiger charge is -2.10. The lowest BCUT2D eigenvalue weighted by molar-refractivity contribution is 0.0917. The van der Waals surface area contributed by atoms with Crippen LogP contribution in [0, 0.1) is 5.92 Å². The maximum absolute atomic E-state index is 12.2. The summed E-state index contributed by atoms with van der Waals surface area (Å²) in [5, 5.41) is 2.75. The Hall–Kier alpha value is -2.28. The Balaban J connectivity index is 1.55. The number of rotatable bonds is 6. The Bertz CT molecular complexity index is 797. The second-order valence-corrected chi connectivity index (χ2v) is 8.08. The summed E-state index contributed by atoms with van der Waals surface area (Å²) in [6.45, 7) is 0.554. The molecule has 6 nitrogen and oxygen atoms in total. The van der Waals surface area contributed by atoms with Gasteiger partial charge in [0.2, 0.25) is 0 Å². The van der Waals surface area contributed by atoms with Crippen molar-refractivity contribution in [1.29, 1.82) is 0 Å². The SMILES string of the molecule is O=C(NC[C@H]1CCS(=O)(=O)C1)c1occc1COc1ccccc1. The van der Waals surface area contributed by atoms with Gasteiger partial charge in [-0.15, -0.1) is 0 Å². The molecule has 7 heteroatoms. The number of carbonyl (C=O) groups excluding carboxylic acids is 1. The molecule has 1 N–H and O–H groups in total. The van der Waals surface area contributed by atoms with E-state index >= 15 is 0 Å². The second kappa shape index (κ2) is 7.09. The number of nitrogens with one attached hydrogen (secondary N) is 1. The Morgan fingerprint density at radius 2 is 2.04 bits per heavy atom. The van der Waals surface area contributed by atoms with E-state index < -0.39 is 9.84 Å². The van der Waals surface area contributed by atoms with Crippen LogP contribution in [-0.2, 0) is 16.4 Å². The highest BCUT2D eigenvalue weighted by atomic mass is 32.2. The van der Waals surface area contributed by atoms with Crippen LogP contribution in [0.15, 0.2) is 47.1 Å². The average molecular weight is 349 g/mol. The molecule has 2 heterocycles. The van der Waals surface area contributed by atoms with Crippen LogP contribution in [0.1, 0.15) is 22.5 Å². The first-order valence-corrected chi connectivity index (χ1v) is 9.58. The number of hydrogen-bond acceptors (Lipinski definition) is 5. The minimum absolute atomic E-state index is 0.0297. The minimum Gasteiger partial charge on any atom is -0.489 e. The van der Waals surface area contributed by atoms with Crippen molar-refractivity contribution in [1.82, 2.24) is 5.32 Å². The minimum atomic E-state index is -2.94. The molecule has 1 amide bonds. The topological polar surface area (TPSA) is 85.6 Å². The molecule has 0 bridgehead atoms. The molecule has 1 aliphatic heterocycles. The van der Waals surface area contributed by atoms with E-state index in [0.717, 1.165) is 0 Å². The van der Waals surface area contributed by atoms with Gasteiger partial charge in [0.15, 0.2) is 15.6 Å². The highest BCUT2D eigenvalue weighted by Gasteiger charge is 2.28. The summed E-state index contributed by atoms with van der Waals surface area (Å²) in [5.74, 6) is 0.863. The van der Waals surface area contributed by atoms with Crippen molar-refractivity contribution in [2.75, 3.05) is 18.1 Å². The van der Waals surface area contributed by atoms with E-state index in [4.69, 9.17) is 9.15 Å². The zero-order chi connectivity index (χ0) is 17.0. The zero-order valence-electron chi connectivity index (χ0n) is 13.1. The molecule has 1 atom stereocenters. The Labute approximate surface area is 140 Å². The molecular weight excluding hydrogens is 330 g/mol. The molecule has 1 aliphatic rings. The number of carbonyl (C=O) groups is 1. The maximum Gasteiger partial charge on any atom is 0.287 e. The summed E-state index contributed by atoms with van der Waals surface area (Å²) < 4.78 is 33.8. The summed E-state index contributed by atoms with van der Waals surface area (Å²) in [4.78, 5) is 12.2. The van der Waals surface area contributed by atoms with Crippen LogP contribution >= 0.6 is 0 Å². The van der Waals surface area contributed by atoms with Gasteiger partial charge in [-0.1, -0.05) is 18.2 Å². The van der Waals surface area contributed by atoms with Crippen molar-refractivity contribution in [2.45, 2.75) is 13.0 Å². The van der Waals surface area contributed by atoms with Gasteiger partial charge >= 0.3 is 0 Å². The third-order valence-corrected chi connectivity index (χ3v) is 5.81. The molecule has 1 aromatic heterocycles. The van der Waals surface area contributed by atoms with Gasteiger partial charge in [-0.05, 0) is 30.5 Å². The number of hydrogen-bond donors (Lipinski definition) is 1. The van der Waals surface area contributed by atoms with Gasteiger partial charge in [0, 0.05) is 12.1 Å². The molecule has 0 unspecified atom stereocenters. The van der Waals surface area contributed by atoms with Gasteiger partial charge in [0.1, 0.15) is 12.4 Å². The molecule has 0 spiro atoms. The van der Waals surface area contributed by atoms with Gasteiger partial charge in [-0.25, -0.2) is 8.42 Å². The van der Waals surface area contributed by atoms with Crippen molar-refractivity contribution in [2.24, 2.45) is 5.92 Å². The fourth-order valence-corrected chi connectivity index (χ4v) is 4.54. The lowest BCUT2D eigenvalue weighted by atomic mass is 10.1. The van der Waals surface area contributed by atoms with Gasteiger partial charge in [-0.3, -0.25) is 4.79 Å². The molecule has 0 aliphatic carbocycles. The Morgan fingerprint density at radius 1 is 1.25 bits per heavy atom.